The SMILES string of the molecule is CN(CC(=O)O)C(=O)c1cc(Cl)ccc1[N+](=O)[O-]. The Morgan fingerprint density at radius 2 is 2.11 bits per heavy atom. The van der Waals surface area contributed by atoms with Crippen molar-refractivity contribution in [1.82, 2.24) is 4.90 Å². The molecule has 1 rings (SSSR count). The second kappa shape index (κ2) is 5.46. The van der Waals surface area contributed by atoms with Crippen LogP contribution in [0.4, 0.5) is 5.69 Å². The topological polar surface area (TPSA) is 101 Å². The van der Waals surface area contributed by atoms with E-state index in [0.29, 0.717) is 0 Å². The van der Waals surface area contributed by atoms with Gasteiger partial charge in [0.25, 0.3) is 11.6 Å². The van der Waals surface area contributed by atoms with Gasteiger partial charge in [-0.25, -0.2) is 0 Å². The second-order valence-corrected chi connectivity index (χ2v) is 3.91. The molecule has 0 aliphatic carbocycles. The number of carbonyl (C=O) groups excluding carboxylic acids is 1. The minimum Gasteiger partial charge on any atom is -0.480 e. The van der Waals surface area contributed by atoms with E-state index in [1.54, 1.807) is 0 Å². The van der Waals surface area contributed by atoms with Crippen LogP contribution in [0.1, 0.15) is 10.4 Å². The van der Waals surface area contributed by atoms with Gasteiger partial charge in [-0.2, -0.15) is 0 Å². The van der Waals surface area contributed by atoms with Gasteiger partial charge in [0.15, 0.2) is 0 Å². The molecule has 96 valence electrons. The molecule has 8 heteroatoms. The van der Waals surface area contributed by atoms with E-state index in [4.69, 9.17) is 16.7 Å². The maximum atomic E-state index is 11.9. The fourth-order valence-electron chi connectivity index (χ4n) is 1.32. The van der Waals surface area contributed by atoms with Crippen LogP contribution in [0.15, 0.2) is 18.2 Å². The Labute approximate surface area is 107 Å². The molecule has 0 aliphatic heterocycles. The smallest absolute Gasteiger partial charge is 0.323 e. The number of carboxylic acids is 1. The summed E-state index contributed by atoms with van der Waals surface area (Å²) >= 11 is 5.67. The third kappa shape index (κ3) is 3.17. The number of hydrogen-bond acceptors (Lipinski definition) is 4. The Morgan fingerprint density at radius 1 is 1.50 bits per heavy atom. The van der Waals surface area contributed by atoms with E-state index in [0.717, 1.165) is 17.0 Å². The van der Waals surface area contributed by atoms with Crippen molar-refractivity contribution in [2.24, 2.45) is 0 Å². The highest BCUT2D eigenvalue weighted by molar-refractivity contribution is 6.31. The van der Waals surface area contributed by atoms with Gasteiger partial charge in [0, 0.05) is 18.1 Å². The summed E-state index contributed by atoms with van der Waals surface area (Å²) in [4.78, 5) is 33.2. The van der Waals surface area contributed by atoms with Crippen LogP contribution >= 0.6 is 11.6 Å². The predicted octanol–water partition coefficient (Wildman–Crippen LogP) is 1.40. The molecule has 0 bridgehead atoms. The number of amides is 1. The zero-order chi connectivity index (χ0) is 13.9. The number of hydrogen-bond donors (Lipinski definition) is 1. The van der Waals surface area contributed by atoms with Crippen molar-refractivity contribution in [1.29, 1.82) is 0 Å². The molecule has 0 radical (unpaired) electrons. The lowest BCUT2D eigenvalue weighted by Gasteiger charge is -2.14. The van der Waals surface area contributed by atoms with Gasteiger partial charge in [-0.3, -0.25) is 19.7 Å². The van der Waals surface area contributed by atoms with Gasteiger partial charge in [0.2, 0.25) is 0 Å². The average Bonchev–Trinajstić information content (AvgIpc) is 2.26. The van der Waals surface area contributed by atoms with Crippen molar-refractivity contribution < 1.29 is 19.6 Å². The maximum Gasteiger partial charge on any atom is 0.323 e. The van der Waals surface area contributed by atoms with Gasteiger partial charge in [-0.1, -0.05) is 11.6 Å². The molecule has 1 aromatic rings. The van der Waals surface area contributed by atoms with Crippen molar-refractivity contribution in [3.8, 4) is 0 Å². The first-order valence-electron chi connectivity index (χ1n) is 4.74. The molecule has 0 spiro atoms. The lowest BCUT2D eigenvalue weighted by atomic mass is 10.1. The third-order valence-corrected chi connectivity index (χ3v) is 2.34. The van der Waals surface area contributed by atoms with Crippen LogP contribution in [-0.4, -0.2) is 40.4 Å². The number of carbonyl (C=O) groups is 2. The molecule has 0 aromatic heterocycles. The maximum absolute atomic E-state index is 11.9. The Morgan fingerprint density at radius 3 is 2.61 bits per heavy atom. The van der Waals surface area contributed by atoms with E-state index in [9.17, 15) is 19.7 Å². The van der Waals surface area contributed by atoms with Gasteiger partial charge >= 0.3 is 5.97 Å². The van der Waals surface area contributed by atoms with Gasteiger partial charge in [-0.05, 0) is 12.1 Å². The van der Waals surface area contributed by atoms with Crippen LogP contribution in [0, 0.1) is 10.1 Å². The van der Waals surface area contributed by atoms with E-state index < -0.39 is 29.0 Å². The van der Waals surface area contributed by atoms with Crippen LogP contribution in [0.5, 0.6) is 0 Å². The predicted molar refractivity (Wildman–Crippen MR) is 62.7 cm³/mol. The molecular formula is C10H9ClN2O5. The quantitative estimate of drug-likeness (QED) is 0.659. The zero-order valence-corrected chi connectivity index (χ0v) is 10.0. The lowest BCUT2D eigenvalue weighted by molar-refractivity contribution is -0.385. The van der Waals surface area contributed by atoms with Crippen LogP contribution in [0.2, 0.25) is 5.02 Å². The molecule has 1 N–H and O–H groups in total. The van der Waals surface area contributed by atoms with E-state index in [-0.39, 0.29) is 10.6 Å². The van der Waals surface area contributed by atoms with Gasteiger partial charge < -0.3 is 10.0 Å². The van der Waals surface area contributed by atoms with Crippen molar-refractivity contribution in [2.75, 3.05) is 13.6 Å². The number of nitrogens with zero attached hydrogens (tertiary/aromatic N) is 2. The number of likely N-dealkylation sites (N-methyl/N-ethyl adjacent to an activating group) is 1. The van der Waals surface area contributed by atoms with Crippen LogP contribution in [0.3, 0.4) is 0 Å². The normalized spacial score (nSPS) is 9.89. The number of nitro groups is 1. The number of aliphatic carboxylic acids is 1. The molecule has 0 heterocycles. The molecule has 0 fully saturated rings. The summed E-state index contributed by atoms with van der Waals surface area (Å²) in [6.45, 7) is -0.553. The van der Waals surface area contributed by atoms with Gasteiger partial charge in [0.1, 0.15) is 12.1 Å². The molecule has 0 atom stereocenters. The van der Waals surface area contributed by atoms with Crippen molar-refractivity contribution >= 4 is 29.2 Å². The first-order chi connectivity index (χ1) is 8.32. The van der Waals surface area contributed by atoms with Crippen molar-refractivity contribution in [2.45, 2.75) is 0 Å². The number of carboxylic acid groups (broad SMARTS) is 1. The molecule has 7 nitrogen and oxygen atoms in total. The number of rotatable bonds is 4. The summed E-state index contributed by atoms with van der Waals surface area (Å²) in [7, 11) is 1.24. The Balaban J connectivity index is 3.15. The molecule has 0 unspecified atom stereocenters. The molecule has 0 saturated heterocycles. The summed E-state index contributed by atoms with van der Waals surface area (Å²) < 4.78 is 0. The highest BCUT2D eigenvalue weighted by Gasteiger charge is 2.24. The van der Waals surface area contributed by atoms with Crippen molar-refractivity contribution in [3.05, 3.63) is 38.9 Å². The highest BCUT2D eigenvalue weighted by Crippen LogP contribution is 2.23. The number of nitro benzene ring substituents is 1. The molecule has 1 amide bonds. The first-order valence-corrected chi connectivity index (χ1v) is 5.12. The standard InChI is InChI=1S/C10H9ClN2O5/c1-12(5-9(14)15)10(16)7-4-6(11)2-3-8(7)13(17)18/h2-4H,5H2,1H3,(H,14,15). The fourth-order valence-corrected chi connectivity index (χ4v) is 1.49. The zero-order valence-electron chi connectivity index (χ0n) is 9.29. The number of halogens is 1. The average molecular weight is 273 g/mol. The van der Waals surface area contributed by atoms with E-state index >= 15 is 0 Å². The monoisotopic (exact) mass is 272 g/mol. The molecule has 18 heavy (non-hydrogen) atoms. The minimum absolute atomic E-state index is 0.160. The summed E-state index contributed by atoms with van der Waals surface area (Å²) in [5.74, 6) is -1.98. The third-order valence-electron chi connectivity index (χ3n) is 2.10. The van der Waals surface area contributed by atoms with Gasteiger partial charge in [-0.15, -0.1) is 0 Å². The highest BCUT2D eigenvalue weighted by atomic mass is 35.5. The summed E-state index contributed by atoms with van der Waals surface area (Å²) in [5, 5.41) is 19.5. The molecular weight excluding hydrogens is 264 g/mol. The summed E-state index contributed by atoms with van der Waals surface area (Å²) in [6.07, 6.45) is 0. The van der Waals surface area contributed by atoms with Crippen LogP contribution in [-0.2, 0) is 4.79 Å². The summed E-state index contributed by atoms with van der Waals surface area (Å²) in [6, 6.07) is 3.53. The largest absolute Gasteiger partial charge is 0.480 e. The van der Waals surface area contributed by atoms with E-state index in [1.165, 1.54) is 13.1 Å². The Hall–Kier alpha value is -2.15. The minimum atomic E-state index is -1.21. The first kappa shape index (κ1) is 13.9. The van der Waals surface area contributed by atoms with Gasteiger partial charge in [0.05, 0.1) is 4.92 Å². The van der Waals surface area contributed by atoms with Crippen molar-refractivity contribution in [3.63, 3.8) is 0 Å². The summed E-state index contributed by atoms with van der Waals surface area (Å²) in [5.41, 5.74) is -0.655. The van der Waals surface area contributed by atoms with E-state index in [1.807, 2.05) is 0 Å². The van der Waals surface area contributed by atoms with Crippen LogP contribution < -0.4 is 0 Å². The Kier molecular flexibility index (Phi) is 4.22. The number of benzene rings is 1. The lowest BCUT2D eigenvalue weighted by Crippen LogP contribution is -2.32. The second-order valence-electron chi connectivity index (χ2n) is 3.47. The fraction of sp³-hybridized carbons (Fsp3) is 0.200. The van der Waals surface area contributed by atoms with Crippen LogP contribution in [0.25, 0.3) is 0 Å². The molecule has 0 saturated carbocycles. The molecule has 0 aliphatic rings. The molecule has 1 aromatic carbocycles. The van der Waals surface area contributed by atoms with E-state index in [2.05, 4.69) is 0 Å². The Bertz CT molecular complexity index is 517.